The Morgan fingerprint density at radius 3 is 2.55 bits per heavy atom. The summed E-state index contributed by atoms with van der Waals surface area (Å²) in [5.74, 6) is 1.15. The van der Waals surface area contributed by atoms with E-state index < -0.39 is 4.92 Å². The maximum atomic E-state index is 10.7. The fraction of sp³-hybridized carbons (Fsp3) is 0.600. The van der Waals surface area contributed by atoms with Crippen LogP contribution in [0.15, 0.2) is 18.2 Å². The maximum absolute atomic E-state index is 10.7. The molecule has 0 saturated heterocycles. The number of nitro benzene ring substituents is 1. The molecular weight excluding hydrogens is 274 g/mol. The molecule has 0 N–H and O–H groups in total. The first-order valence-electron chi connectivity index (χ1n) is 7.20. The third kappa shape index (κ3) is 5.82. The molecule has 0 aromatic heterocycles. The summed E-state index contributed by atoms with van der Waals surface area (Å²) < 4.78 is 5.70. The normalized spacial score (nSPS) is 10.5. The average molecular weight is 297 g/mol. The van der Waals surface area contributed by atoms with Gasteiger partial charge in [0.2, 0.25) is 0 Å². The fourth-order valence-corrected chi connectivity index (χ4v) is 2.26. The van der Waals surface area contributed by atoms with E-state index in [4.69, 9.17) is 4.74 Å². The van der Waals surface area contributed by atoms with Gasteiger partial charge in [0.1, 0.15) is 5.75 Å². The Balaban J connectivity index is 2.38. The Hall–Kier alpha value is -1.23. The van der Waals surface area contributed by atoms with E-state index in [0.29, 0.717) is 18.1 Å². The minimum atomic E-state index is -0.398. The number of nitro groups is 1. The minimum absolute atomic E-state index is 0.0842. The zero-order valence-corrected chi connectivity index (χ0v) is 12.9. The summed E-state index contributed by atoms with van der Waals surface area (Å²) in [4.78, 5) is 10.3. The summed E-state index contributed by atoms with van der Waals surface area (Å²) in [6, 6.07) is 4.67. The highest BCUT2D eigenvalue weighted by Gasteiger charge is 2.10. The Morgan fingerprint density at radius 2 is 1.90 bits per heavy atom. The van der Waals surface area contributed by atoms with Crippen LogP contribution in [-0.2, 0) is 5.75 Å². The standard InChI is InChI=1S/C15H23NO3S/c1-2-3-4-5-6-7-10-19-15-9-8-14(16(17)18)11-13(15)12-20/h8-9,11,20H,2-7,10,12H2,1H3. The molecule has 0 spiro atoms. The first-order valence-corrected chi connectivity index (χ1v) is 7.83. The number of unbranched alkanes of at least 4 members (excludes halogenated alkanes) is 5. The quantitative estimate of drug-likeness (QED) is 0.293. The van der Waals surface area contributed by atoms with Crippen LogP contribution in [0.1, 0.15) is 51.0 Å². The summed E-state index contributed by atoms with van der Waals surface area (Å²) in [6.07, 6.45) is 7.28. The Kier molecular flexibility index (Phi) is 8.11. The second-order valence-corrected chi connectivity index (χ2v) is 5.14. The summed E-state index contributed by atoms with van der Waals surface area (Å²) in [5, 5.41) is 10.7. The van der Waals surface area contributed by atoms with Crippen LogP contribution in [0.3, 0.4) is 0 Å². The predicted molar refractivity (Wildman–Crippen MR) is 84.7 cm³/mol. The molecule has 0 unspecified atom stereocenters. The molecule has 0 fully saturated rings. The van der Waals surface area contributed by atoms with E-state index in [0.717, 1.165) is 12.0 Å². The van der Waals surface area contributed by atoms with Crippen molar-refractivity contribution >= 4 is 18.3 Å². The van der Waals surface area contributed by atoms with Crippen molar-refractivity contribution < 1.29 is 9.66 Å². The molecule has 1 aromatic rings. The van der Waals surface area contributed by atoms with E-state index in [9.17, 15) is 10.1 Å². The molecule has 0 heterocycles. The van der Waals surface area contributed by atoms with Gasteiger partial charge in [0.25, 0.3) is 5.69 Å². The average Bonchev–Trinajstić information content (AvgIpc) is 2.46. The third-order valence-corrected chi connectivity index (χ3v) is 3.52. The maximum Gasteiger partial charge on any atom is 0.270 e. The van der Waals surface area contributed by atoms with Crippen molar-refractivity contribution in [3.8, 4) is 5.75 Å². The van der Waals surface area contributed by atoms with Gasteiger partial charge in [-0.05, 0) is 12.5 Å². The van der Waals surface area contributed by atoms with Gasteiger partial charge in [0.05, 0.1) is 11.5 Å². The Bertz CT molecular complexity index is 424. The van der Waals surface area contributed by atoms with Crippen LogP contribution in [0, 0.1) is 10.1 Å². The number of benzene rings is 1. The third-order valence-electron chi connectivity index (χ3n) is 3.18. The van der Waals surface area contributed by atoms with Crippen LogP contribution >= 0.6 is 12.6 Å². The molecule has 20 heavy (non-hydrogen) atoms. The van der Waals surface area contributed by atoms with Crippen molar-refractivity contribution in [3.63, 3.8) is 0 Å². The Labute approximate surface area is 126 Å². The molecule has 0 amide bonds. The second kappa shape index (κ2) is 9.64. The highest BCUT2D eigenvalue weighted by molar-refractivity contribution is 7.79. The number of ether oxygens (including phenoxy) is 1. The van der Waals surface area contributed by atoms with Gasteiger partial charge in [0.15, 0.2) is 0 Å². The summed E-state index contributed by atoms with van der Waals surface area (Å²) >= 11 is 4.19. The van der Waals surface area contributed by atoms with Gasteiger partial charge in [-0.1, -0.05) is 39.0 Å². The minimum Gasteiger partial charge on any atom is -0.493 e. The van der Waals surface area contributed by atoms with Gasteiger partial charge >= 0.3 is 0 Å². The van der Waals surface area contributed by atoms with Crippen LogP contribution in [0.4, 0.5) is 5.69 Å². The smallest absolute Gasteiger partial charge is 0.270 e. The van der Waals surface area contributed by atoms with Crippen molar-refractivity contribution in [2.75, 3.05) is 6.61 Å². The van der Waals surface area contributed by atoms with Gasteiger partial charge < -0.3 is 4.74 Å². The van der Waals surface area contributed by atoms with E-state index in [1.54, 1.807) is 6.07 Å². The topological polar surface area (TPSA) is 52.4 Å². The lowest BCUT2D eigenvalue weighted by molar-refractivity contribution is -0.384. The monoisotopic (exact) mass is 297 g/mol. The van der Waals surface area contributed by atoms with E-state index in [1.165, 1.54) is 44.2 Å². The molecule has 1 aromatic carbocycles. The molecule has 0 atom stereocenters. The molecule has 4 nitrogen and oxygen atoms in total. The molecule has 0 saturated carbocycles. The zero-order valence-electron chi connectivity index (χ0n) is 12.0. The van der Waals surface area contributed by atoms with Gasteiger partial charge in [-0.3, -0.25) is 10.1 Å². The molecular formula is C15H23NO3S. The van der Waals surface area contributed by atoms with Crippen molar-refractivity contribution in [1.29, 1.82) is 0 Å². The number of hydrogen-bond acceptors (Lipinski definition) is 4. The lowest BCUT2D eigenvalue weighted by atomic mass is 10.1. The van der Waals surface area contributed by atoms with Gasteiger partial charge in [-0.15, -0.1) is 0 Å². The number of thiol groups is 1. The predicted octanol–water partition coefficient (Wildman–Crippen LogP) is 4.76. The van der Waals surface area contributed by atoms with Crippen molar-refractivity contribution in [1.82, 2.24) is 0 Å². The second-order valence-electron chi connectivity index (χ2n) is 4.82. The van der Waals surface area contributed by atoms with E-state index in [1.807, 2.05) is 0 Å². The zero-order chi connectivity index (χ0) is 14.8. The SMILES string of the molecule is CCCCCCCCOc1ccc([N+](=O)[O-])cc1CS. The van der Waals surface area contributed by atoms with Gasteiger partial charge in [-0.2, -0.15) is 12.6 Å². The molecule has 0 aliphatic carbocycles. The van der Waals surface area contributed by atoms with Crippen molar-refractivity contribution in [2.24, 2.45) is 0 Å². The van der Waals surface area contributed by atoms with Gasteiger partial charge in [-0.25, -0.2) is 0 Å². The first kappa shape index (κ1) is 16.8. The molecule has 112 valence electrons. The van der Waals surface area contributed by atoms with Crippen molar-refractivity contribution in [3.05, 3.63) is 33.9 Å². The molecule has 0 bridgehead atoms. The number of non-ortho nitro benzene ring substituents is 1. The van der Waals surface area contributed by atoms with Crippen molar-refractivity contribution in [2.45, 2.75) is 51.2 Å². The lowest BCUT2D eigenvalue weighted by Crippen LogP contribution is -2.00. The molecule has 1 rings (SSSR count). The van der Waals surface area contributed by atoms with Crippen LogP contribution < -0.4 is 4.74 Å². The van der Waals surface area contributed by atoms with E-state index in [2.05, 4.69) is 19.6 Å². The summed E-state index contributed by atoms with van der Waals surface area (Å²) in [7, 11) is 0. The van der Waals surface area contributed by atoms with Crippen LogP contribution in [0.5, 0.6) is 5.75 Å². The molecule has 5 heteroatoms. The van der Waals surface area contributed by atoms with E-state index in [-0.39, 0.29) is 5.69 Å². The summed E-state index contributed by atoms with van der Waals surface area (Å²) in [6.45, 7) is 2.86. The molecule has 0 aliphatic rings. The first-order chi connectivity index (χ1) is 9.69. The highest BCUT2D eigenvalue weighted by Crippen LogP contribution is 2.25. The summed E-state index contributed by atoms with van der Waals surface area (Å²) in [5.41, 5.74) is 0.856. The number of hydrogen-bond donors (Lipinski definition) is 1. The fourth-order valence-electron chi connectivity index (χ4n) is 2.01. The number of nitrogens with zero attached hydrogens (tertiary/aromatic N) is 1. The van der Waals surface area contributed by atoms with Crippen LogP contribution in [0.2, 0.25) is 0 Å². The van der Waals surface area contributed by atoms with E-state index >= 15 is 0 Å². The van der Waals surface area contributed by atoms with Crippen LogP contribution in [-0.4, -0.2) is 11.5 Å². The molecule has 0 aliphatic heterocycles. The Morgan fingerprint density at radius 1 is 1.20 bits per heavy atom. The highest BCUT2D eigenvalue weighted by atomic mass is 32.1. The molecule has 0 radical (unpaired) electrons. The number of rotatable bonds is 10. The largest absolute Gasteiger partial charge is 0.493 e. The lowest BCUT2D eigenvalue weighted by Gasteiger charge is -2.10. The van der Waals surface area contributed by atoms with Gasteiger partial charge in [0, 0.05) is 23.4 Å². The van der Waals surface area contributed by atoms with Crippen LogP contribution in [0.25, 0.3) is 0 Å².